The summed E-state index contributed by atoms with van der Waals surface area (Å²) in [5, 5.41) is 3.36. The normalized spacial score (nSPS) is 18.9. The Kier molecular flexibility index (Phi) is 6.91. The lowest BCUT2D eigenvalue weighted by Gasteiger charge is -2.18. The molecule has 1 aliphatic heterocycles. The van der Waals surface area contributed by atoms with Crippen molar-refractivity contribution in [3.05, 3.63) is 70.5 Å². The Labute approximate surface area is 176 Å². The second-order valence-electron chi connectivity index (χ2n) is 7.93. The molecule has 2 atom stereocenters. The molecule has 2 aromatic rings. The van der Waals surface area contributed by atoms with Crippen LogP contribution in [0.2, 0.25) is 5.02 Å². The number of nitrogens with zero attached hydrogens (tertiary/aromatic N) is 1. The fourth-order valence-corrected chi connectivity index (χ4v) is 3.95. The molecule has 0 bridgehead atoms. The summed E-state index contributed by atoms with van der Waals surface area (Å²) in [6, 6.07) is 13.1. The number of benzene rings is 2. The van der Waals surface area contributed by atoms with E-state index in [1.165, 1.54) is 12.1 Å². The van der Waals surface area contributed by atoms with Crippen LogP contribution < -0.4 is 5.32 Å². The molecule has 1 fully saturated rings. The van der Waals surface area contributed by atoms with E-state index in [1.54, 1.807) is 35.2 Å². The van der Waals surface area contributed by atoms with E-state index in [0.29, 0.717) is 29.6 Å². The predicted molar refractivity (Wildman–Crippen MR) is 112 cm³/mol. The highest BCUT2D eigenvalue weighted by atomic mass is 35.5. The number of hydrogen-bond acceptors (Lipinski definition) is 2. The minimum atomic E-state index is -0.435. The fraction of sp³-hybridized carbons (Fsp3) is 0.391. The maximum Gasteiger partial charge on any atom is 0.255 e. The number of amides is 2. The van der Waals surface area contributed by atoms with Gasteiger partial charge in [0.15, 0.2) is 0 Å². The van der Waals surface area contributed by atoms with Crippen LogP contribution in [0.3, 0.4) is 0 Å². The third-order valence-electron chi connectivity index (χ3n) is 5.35. The molecule has 1 aliphatic rings. The van der Waals surface area contributed by atoms with Gasteiger partial charge >= 0.3 is 0 Å². The van der Waals surface area contributed by atoms with E-state index < -0.39 is 5.92 Å². The summed E-state index contributed by atoms with van der Waals surface area (Å²) in [4.78, 5) is 27.6. The molecular weight excluding hydrogens is 391 g/mol. The summed E-state index contributed by atoms with van der Waals surface area (Å²) in [6.45, 7) is 5.40. The molecule has 6 heteroatoms. The monoisotopic (exact) mass is 416 g/mol. The topological polar surface area (TPSA) is 49.4 Å². The highest BCUT2D eigenvalue weighted by molar-refractivity contribution is 6.33. The minimum absolute atomic E-state index is 0.102. The van der Waals surface area contributed by atoms with Crippen LogP contribution >= 0.6 is 11.6 Å². The van der Waals surface area contributed by atoms with Crippen molar-refractivity contribution in [2.24, 2.45) is 11.8 Å². The van der Waals surface area contributed by atoms with E-state index in [-0.39, 0.29) is 30.1 Å². The quantitative estimate of drug-likeness (QED) is 0.753. The molecule has 0 aliphatic carbocycles. The molecule has 1 saturated heterocycles. The molecule has 1 heterocycles. The van der Waals surface area contributed by atoms with Crippen molar-refractivity contribution in [3.63, 3.8) is 0 Å². The van der Waals surface area contributed by atoms with Gasteiger partial charge in [-0.15, -0.1) is 0 Å². The van der Waals surface area contributed by atoms with Crippen molar-refractivity contribution in [2.75, 3.05) is 19.6 Å². The van der Waals surface area contributed by atoms with Crippen molar-refractivity contribution in [2.45, 2.75) is 26.2 Å². The van der Waals surface area contributed by atoms with Gasteiger partial charge in [0.1, 0.15) is 5.82 Å². The van der Waals surface area contributed by atoms with E-state index in [1.807, 2.05) is 6.07 Å². The summed E-state index contributed by atoms with van der Waals surface area (Å²) < 4.78 is 13.8. The summed E-state index contributed by atoms with van der Waals surface area (Å²) in [5.41, 5.74) is 1.14. The van der Waals surface area contributed by atoms with Gasteiger partial charge in [-0.2, -0.15) is 0 Å². The van der Waals surface area contributed by atoms with Crippen molar-refractivity contribution < 1.29 is 14.0 Å². The van der Waals surface area contributed by atoms with Crippen LogP contribution in [0.15, 0.2) is 48.5 Å². The van der Waals surface area contributed by atoms with Crippen LogP contribution in [-0.2, 0) is 4.79 Å². The van der Waals surface area contributed by atoms with Gasteiger partial charge in [0.05, 0.1) is 16.5 Å². The molecule has 2 unspecified atom stereocenters. The Morgan fingerprint density at radius 3 is 2.62 bits per heavy atom. The first-order chi connectivity index (χ1) is 13.9. The highest BCUT2D eigenvalue weighted by Crippen LogP contribution is 2.34. The largest absolute Gasteiger partial charge is 0.356 e. The first-order valence-electron chi connectivity index (χ1n) is 9.93. The van der Waals surface area contributed by atoms with E-state index in [2.05, 4.69) is 19.2 Å². The lowest BCUT2D eigenvalue weighted by Crippen LogP contribution is -2.36. The number of hydrogen-bond donors (Lipinski definition) is 1. The van der Waals surface area contributed by atoms with E-state index >= 15 is 0 Å². The Hall–Kier alpha value is -2.40. The molecule has 0 aromatic heterocycles. The molecule has 4 nitrogen and oxygen atoms in total. The van der Waals surface area contributed by atoms with Crippen molar-refractivity contribution in [1.82, 2.24) is 10.2 Å². The van der Waals surface area contributed by atoms with Crippen LogP contribution in [0.1, 0.15) is 42.1 Å². The lowest BCUT2D eigenvalue weighted by molar-refractivity contribution is -0.124. The predicted octanol–water partition coefficient (Wildman–Crippen LogP) is 4.50. The SMILES string of the molecule is CC(C)CCNC(=O)C1CN(C(=O)c2ccccc2Cl)CC1c1cccc(F)c1. The Morgan fingerprint density at radius 1 is 1.17 bits per heavy atom. The number of likely N-dealkylation sites (tertiary alicyclic amines) is 1. The van der Waals surface area contributed by atoms with Gasteiger partial charge in [-0.05, 0) is 42.2 Å². The zero-order valence-electron chi connectivity index (χ0n) is 16.7. The molecule has 2 amide bonds. The zero-order chi connectivity index (χ0) is 21.0. The Balaban J connectivity index is 1.82. The molecule has 3 rings (SSSR count). The molecule has 0 saturated carbocycles. The third-order valence-corrected chi connectivity index (χ3v) is 5.68. The Morgan fingerprint density at radius 2 is 1.93 bits per heavy atom. The molecular formula is C23H26ClFN2O2. The molecule has 2 aromatic carbocycles. The minimum Gasteiger partial charge on any atom is -0.356 e. The number of carbonyl (C=O) groups is 2. The number of carbonyl (C=O) groups excluding carboxylic acids is 2. The molecule has 1 N–H and O–H groups in total. The fourth-order valence-electron chi connectivity index (χ4n) is 3.73. The van der Waals surface area contributed by atoms with Gasteiger partial charge in [-0.25, -0.2) is 4.39 Å². The summed E-state index contributed by atoms with van der Waals surface area (Å²) >= 11 is 6.19. The third kappa shape index (κ3) is 5.15. The van der Waals surface area contributed by atoms with Crippen LogP contribution in [0.4, 0.5) is 4.39 Å². The van der Waals surface area contributed by atoms with Crippen molar-refractivity contribution >= 4 is 23.4 Å². The maximum absolute atomic E-state index is 13.8. The second kappa shape index (κ2) is 9.40. The second-order valence-corrected chi connectivity index (χ2v) is 8.34. The van der Waals surface area contributed by atoms with Crippen molar-refractivity contribution in [3.8, 4) is 0 Å². The van der Waals surface area contributed by atoms with E-state index in [4.69, 9.17) is 11.6 Å². The Bertz CT molecular complexity index is 887. The highest BCUT2D eigenvalue weighted by Gasteiger charge is 2.40. The molecule has 0 radical (unpaired) electrons. The first-order valence-corrected chi connectivity index (χ1v) is 10.3. The number of rotatable bonds is 6. The number of nitrogens with one attached hydrogen (secondary N) is 1. The summed E-state index contributed by atoms with van der Waals surface area (Å²) in [7, 11) is 0. The van der Waals surface area contributed by atoms with Gasteiger partial charge in [0.25, 0.3) is 5.91 Å². The lowest BCUT2D eigenvalue weighted by atomic mass is 9.88. The zero-order valence-corrected chi connectivity index (χ0v) is 17.5. The molecule has 154 valence electrons. The maximum atomic E-state index is 13.8. The number of halogens is 2. The van der Waals surface area contributed by atoms with Gasteiger partial charge in [0, 0.05) is 25.6 Å². The smallest absolute Gasteiger partial charge is 0.255 e. The van der Waals surface area contributed by atoms with Gasteiger partial charge < -0.3 is 10.2 Å². The average molecular weight is 417 g/mol. The van der Waals surface area contributed by atoms with E-state index in [0.717, 1.165) is 12.0 Å². The van der Waals surface area contributed by atoms with Crippen LogP contribution in [0.5, 0.6) is 0 Å². The standard InChI is InChI=1S/C23H26ClFN2O2/c1-15(2)10-11-26-22(28)20-14-27(23(29)18-8-3-4-9-21(18)24)13-19(20)16-6-5-7-17(25)12-16/h3-9,12,15,19-20H,10-11,13-14H2,1-2H3,(H,26,28). The van der Waals surface area contributed by atoms with Crippen LogP contribution in [0.25, 0.3) is 0 Å². The summed E-state index contributed by atoms with van der Waals surface area (Å²) in [5.74, 6) is -0.885. The summed E-state index contributed by atoms with van der Waals surface area (Å²) in [6.07, 6.45) is 0.880. The van der Waals surface area contributed by atoms with Crippen LogP contribution in [0, 0.1) is 17.7 Å². The average Bonchev–Trinajstić information content (AvgIpc) is 3.13. The first kappa shape index (κ1) is 21.3. The van der Waals surface area contributed by atoms with Gasteiger partial charge in [0.2, 0.25) is 5.91 Å². The van der Waals surface area contributed by atoms with E-state index in [9.17, 15) is 14.0 Å². The van der Waals surface area contributed by atoms with Gasteiger partial charge in [-0.1, -0.05) is 49.7 Å². The van der Waals surface area contributed by atoms with Crippen molar-refractivity contribution in [1.29, 1.82) is 0 Å². The molecule has 0 spiro atoms. The van der Waals surface area contributed by atoms with Crippen LogP contribution in [-0.4, -0.2) is 36.3 Å². The molecule has 29 heavy (non-hydrogen) atoms. The van der Waals surface area contributed by atoms with Gasteiger partial charge in [-0.3, -0.25) is 9.59 Å².